The standard InChI is InChI=1S/C14H20N2O/c1-2-3-7-12-11-16(14(17)10-15-12)13-8-5-4-6-9-13/h4-6,8-9,12,15H,2-3,7,10-11H2,1H3/t12-/m0/s1. The van der Waals surface area contributed by atoms with E-state index in [1.165, 1.54) is 12.8 Å². The zero-order valence-electron chi connectivity index (χ0n) is 10.4. The minimum Gasteiger partial charge on any atom is -0.310 e. The van der Waals surface area contributed by atoms with E-state index in [9.17, 15) is 4.79 Å². The largest absolute Gasteiger partial charge is 0.310 e. The summed E-state index contributed by atoms with van der Waals surface area (Å²) in [5, 5.41) is 3.31. The van der Waals surface area contributed by atoms with Crippen LogP contribution in [0.15, 0.2) is 30.3 Å². The van der Waals surface area contributed by atoms with Crippen LogP contribution in [0, 0.1) is 0 Å². The number of nitrogens with one attached hydrogen (secondary N) is 1. The summed E-state index contributed by atoms with van der Waals surface area (Å²) >= 11 is 0. The fraction of sp³-hybridized carbons (Fsp3) is 0.500. The molecular formula is C14H20N2O. The monoisotopic (exact) mass is 232 g/mol. The predicted octanol–water partition coefficient (Wildman–Crippen LogP) is 2.18. The molecule has 0 unspecified atom stereocenters. The molecule has 1 aliphatic rings. The second-order valence-corrected chi connectivity index (χ2v) is 4.56. The number of amides is 1. The summed E-state index contributed by atoms with van der Waals surface area (Å²) in [6.07, 6.45) is 3.57. The van der Waals surface area contributed by atoms with Crippen molar-refractivity contribution in [3.05, 3.63) is 30.3 Å². The van der Waals surface area contributed by atoms with E-state index >= 15 is 0 Å². The number of anilines is 1. The Morgan fingerprint density at radius 3 is 2.82 bits per heavy atom. The van der Waals surface area contributed by atoms with E-state index in [2.05, 4.69) is 12.2 Å². The van der Waals surface area contributed by atoms with Gasteiger partial charge in [0, 0.05) is 18.3 Å². The molecule has 0 bridgehead atoms. The van der Waals surface area contributed by atoms with E-state index in [1.807, 2.05) is 35.2 Å². The molecule has 3 nitrogen and oxygen atoms in total. The highest BCUT2D eigenvalue weighted by atomic mass is 16.2. The third kappa shape index (κ3) is 3.07. The van der Waals surface area contributed by atoms with E-state index in [0.717, 1.165) is 18.7 Å². The number of rotatable bonds is 4. The van der Waals surface area contributed by atoms with Crippen molar-refractivity contribution >= 4 is 11.6 Å². The van der Waals surface area contributed by atoms with Crippen LogP contribution in [0.25, 0.3) is 0 Å². The number of carbonyl (C=O) groups is 1. The van der Waals surface area contributed by atoms with Gasteiger partial charge < -0.3 is 10.2 Å². The topological polar surface area (TPSA) is 32.3 Å². The maximum absolute atomic E-state index is 11.9. The molecule has 1 aromatic carbocycles. The van der Waals surface area contributed by atoms with Crippen molar-refractivity contribution in [2.24, 2.45) is 0 Å². The molecule has 1 heterocycles. The Hall–Kier alpha value is -1.35. The number of nitrogens with zero attached hydrogens (tertiary/aromatic N) is 1. The number of hydrogen-bond acceptors (Lipinski definition) is 2. The van der Waals surface area contributed by atoms with Crippen LogP contribution in [0.2, 0.25) is 0 Å². The highest BCUT2D eigenvalue weighted by Crippen LogP contribution is 2.17. The predicted molar refractivity (Wildman–Crippen MR) is 70.1 cm³/mol. The van der Waals surface area contributed by atoms with Gasteiger partial charge in [-0.1, -0.05) is 38.0 Å². The van der Waals surface area contributed by atoms with Crippen LogP contribution in [-0.4, -0.2) is 25.0 Å². The molecular weight excluding hydrogens is 212 g/mol. The van der Waals surface area contributed by atoms with Crippen LogP contribution in [0.4, 0.5) is 5.69 Å². The van der Waals surface area contributed by atoms with E-state index < -0.39 is 0 Å². The molecule has 92 valence electrons. The minimum atomic E-state index is 0.170. The normalized spacial score (nSPS) is 20.6. The molecule has 1 N–H and O–H groups in total. The molecule has 1 atom stereocenters. The fourth-order valence-corrected chi connectivity index (χ4v) is 2.22. The number of hydrogen-bond donors (Lipinski definition) is 1. The molecule has 0 aliphatic carbocycles. The van der Waals surface area contributed by atoms with Crippen LogP contribution >= 0.6 is 0 Å². The molecule has 1 aromatic rings. The summed E-state index contributed by atoms with van der Waals surface area (Å²) in [5.41, 5.74) is 1.01. The van der Waals surface area contributed by atoms with Crippen molar-refractivity contribution in [2.45, 2.75) is 32.2 Å². The second kappa shape index (κ2) is 5.82. The number of piperazine rings is 1. The zero-order valence-corrected chi connectivity index (χ0v) is 10.4. The molecule has 0 aromatic heterocycles. The molecule has 2 rings (SSSR count). The maximum Gasteiger partial charge on any atom is 0.240 e. The van der Waals surface area contributed by atoms with Crippen LogP contribution in [0.5, 0.6) is 0 Å². The molecule has 1 aliphatic heterocycles. The third-order valence-corrected chi connectivity index (χ3v) is 3.22. The van der Waals surface area contributed by atoms with Crippen molar-refractivity contribution in [3.63, 3.8) is 0 Å². The zero-order chi connectivity index (χ0) is 12.1. The lowest BCUT2D eigenvalue weighted by atomic mass is 10.1. The van der Waals surface area contributed by atoms with Gasteiger partial charge in [0.05, 0.1) is 6.54 Å². The summed E-state index contributed by atoms with van der Waals surface area (Å²) in [6.45, 7) is 3.45. The van der Waals surface area contributed by atoms with E-state index in [-0.39, 0.29) is 5.91 Å². The average Bonchev–Trinajstić information content (AvgIpc) is 2.39. The van der Waals surface area contributed by atoms with E-state index in [0.29, 0.717) is 12.6 Å². The highest BCUT2D eigenvalue weighted by molar-refractivity contribution is 5.95. The fourth-order valence-electron chi connectivity index (χ4n) is 2.22. The summed E-state index contributed by atoms with van der Waals surface area (Å²) in [4.78, 5) is 13.8. The molecule has 0 saturated carbocycles. The van der Waals surface area contributed by atoms with Crippen molar-refractivity contribution in [2.75, 3.05) is 18.0 Å². The minimum absolute atomic E-state index is 0.170. The third-order valence-electron chi connectivity index (χ3n) is 3.22. The van der Waals surface area contributed by atoms with E-state index in [1.54, 1.807) is 0 Å². The van der Waals surface area contributed by atoms with Crippen LogP contribution < -0.4 is 10.2 Å². The van der Waals surface area contributed by atoms with Gasteiger partial charge in [-0.15, -0.1) is 0 Å². The maximum atomic E-state index is 11.9. The van der Waals surface area contributed by atoms with Crippen molar-refractivity contribution < 1.29 is 4.79 Å². The lowest BCUT2D eigenvalue weighted by Gasteiger charge is -2.33. The van der Waals surface area contributed by atoms with Crippen LogP contribution in [0.3, 0.4) is 0 Å². The van der Waals surface area contributed by atoms with Gasteiger partial charge in [-0.3, -0.25) is 4.79 Å². The first kappa shape index (κ1) is 12.1. The Kier molecular flexibility index (Phi) is 4.15. The molecule has 0 spiro atoms. The van der Waals surface area contributed by atoms with Crippen molar-refractivity contribution in [1.82, 2.24) is 5.32 Å². The summed E-state index contributed by atoms with van der Waals surface area (Å²) < 4.78 is 0. The smallest absolute Gasteiger partial charge is 0.240 e. The summed E-state index contributed by atoms with van der Waals surface area (Å²) in [5.74, 6) is 0.170. The van der Waals surface area contributed by atoms with Gasteiger partial charge in [0.2, 0.25) is 5.91 Å². The van der Waals surface area contributed by atoms with Gasteiger partial charge in [-0.05, 0) is 18.6 Å². The number of para-hydroxylation sites is 1. The second-order valence-electron chi connectivity index (χ2n) is 4.56. The summed E-state index contributed by atoms with van der Waals surface area (Å²) in [6, 6.07) is 10.4. The van der Waals surface area contributed by atoms with Crippen LogP contribution in [-0.2, 0) is 4.79 Å². The highest BCUT2D eigenvalue weighted by Gasteiger charge is 2.25. The first-order valence-electron chi connectivity index (χ1n) is 6.40. The van der Waals surface area contributed by atoms with Gasteiger partial charge in [-0.25, -0.2) is 0 Å². The molecule has 0 radical (unpaired) electrons. The number of benzene rings is 1. The van der Waals surface area contributed by atoms with Crippen molar-refractivity contribution in [1.29, 1.82) is 0 Å². The lowest BCUT2D eigenvalue weighted by molar-refractivity contribution is -0.119. The number of carbonyl (C=O) groups excluding carboxylic acids is 1. The molecule has 3 heteroatoms. The van der Waals surface area contributed by atoms with Crippen molar-refractivity contribution in [3.8, 4) is 0 Å². The van der Waals surface area contributed by atoms with Gasteiger partial charge >= 0.3 is 0 Å². The Morgan fingerprint density at radius 1 is 1.35 bits per heavy atom. The summed E-state index contributed by atoms with van der Waals surface area (Å²) in [7, 11) is 0. The Labute approximate surface area is 103 Å². The van der Waals surface area contributed by atoms with Gasteiger partial charge in [0.1, 0.15) is 0 Å². The SMILES string of the molecule is CCCC[C@H]1CN(c2ccccc2)C(=O)CN1. The van der Waals surface area contributed by atoms with Gasteiger partial charge in [-0.2, -0.15) is 0 Å². The first-order chi connectivity index (χ1) is 8.31. The first-order valence-corrected chi connectivity index (χ1v) is 6.40. The average molecular weight is 232 g/mol. The lowest BCUT2D eigenvalue weighted by Crippen LogP contribution is -2.54. The number of unbranched alkanes of at least 4 members (excludes halogenated alkanes) is 1. The quantitative estimate of drug-likeness (QED) is 0.863. The Morgan fingerprint density at radius 2 is 2.12 bits per heavy atom. The Balaban J connectivity index is 2.02. The van der Waals surface area contributed by atoms with E-state index in [4.69, 9.17) is 0 Å². The van der Waals surface area contributed by atoms with Crippen LogP contribution in [0.1, 0.15) is 26.2 Å². The molecule has 1 saturated heterocycles. The van der Waals surface area contributed by atoms with Gasteiger partial charge in [0.25, 0.3) is 0 Å². The Bertz CT molecular complexity index is 364. The molecule has 17 heavy (non-hydrogen) atoms. The van der Waals surface area contributed by atoms with Gasteiger partial charge in [0.15, 0.2) is 0 Å². The molecule has 1 fully saturated rings. The molecule has 1 amide bonds.